The zero-order valence-electron chi connectivity index (χ0n) is 18.3. The number of ether oxygens (including phenoxy) is 3. The molecule has 2 N–H and O–H groups in total. The summed E-state index contributed by atoms with van der Waals surface area (Å²) in [4.78, 5) is 11.0. The Morgan fingerprint density at radius 2 is 1.84 bits per heavy atom. The molecular weight excluding hydrogens is 509 g/mol. The fraction of sp³-hybridized carbons (Fsp3) is 0.455. The van der Waals surface area contributed by atoms with Crippen LogP contribution in [0, 0.1) is 0 Å². The van der Waals surface area contributed by atoms with Gasteiger partial charge in [0.15, 0.2) is 5.96 Å². The summed E-state index contributed by atoms with van der Waals surface area (Å²) in [5.74, 6) is 2.21. The summed E-state index contributed by atoms with van der Waals surface area (Å²) in [7, 11) is 5.07. The van der Waals surface area contributed by atoms with Crippen LogP contribution in [0.1, 0.15) is 17.2 Å². The van der Waals surface area contributed by atoms with Crippen molar-refractivity contribution in [3.8, 4) is 11.6 Å². The summed E-state index contributed by atoms with van der Waals surface area (Å²) in [6.07, 6.45) is 1.80. The van der Waals surface area contributed by atoms with Gasteiger partial charge >= 0.3 is 0 Å². The summed E-state index contributed by atoms with van der Waals surface area (Å²) in [5, 5.41) is 6.81. The van der Waals surface area contributed by atoms with Crippen LogP contribution in [0.5, 0.6) is 11.6 Å². The number of benzene rings is 1. The maximum atomic E-state index is 5.54. The molecule has 2 heterocycles. The highest BCUT2D eigenvalue weighted by atomic mass is 127. The first-order valence-electron chi connectivity index (χ1n) is 10.1. The Labute approximate surface area is 201 Å². The van der Waals surface area contributed by atoms with Gasteiger partial charge < -0.3 is 24.8 Å². The van der Waals surface area contributed by atoms with Gasteiger partial charge in [-0.2, -0.15) is 0 Å². The predicted molar refractivity (Wildman–Crippen MR) is 133 cm³/mol. The van der Waals surface area contributed by atoms with E-state index < -0.39 is 0 Å². The van der Waals surface area contributed by atoms with Crippen molar-refractivity contribution in [3.63, 3.8) is 0 Å². The van der Waals surface area contributed by atoms with Crippen LogP contribution in [0.2, 0.25) is 0 Å². The van der Waals surface area contributed by atoms with Crippen LogP contribution in [0.25, 0.3) is 0 Å². The molecule has 2 aromatic rings. The van der Waals surface area contributed by atoms with Crippen molar-refractivity contribution in [1.82, 2.24) is 20.5 Å². The molecule has 1 atom stereocenters. The molecule has 8 nitrogen and oxygen atoms in total. The van der Waals surface area contributed by atoms with Gasteiger partial charge in [0.25, 0.3) is 0 Å². The smallest absolute Gasteiger partial charge is 0.212 e. The van der Waals surface area contributed by atoms with E-state index in [2.05, 4.69) is 37.6 Å². The number of aromatic nitrogens is 1. The number of guanidine groups is 1. The minimum absolute atomic E-state index is 0. The SMILES string of the molecule is CN=C(NCc1ccc(OC)nc1)NCC(c1ccc(OC)cc1)N1CCOCC1.I. The molecule has 1 aromatic heterocycles. The Bertz CT molecular complexity index is 796. The fourth-order valence-corrected chi connectivity index (χ4v) is 3.41. The molecule has 0 amide bonds. The maximum Gasteiger partial charge on any atom is 0.212 e. The number of nitrogens with one attached hydrogen (secondary N) is 2. The van der Waals surface area contributed by atoms with Crippen LogP contribution >= 0.6 is 24.0 Å². The molecule has 1 fully saturated rings. The second kappa shape index (κ2) is 13.3. The number of pyridine rings is 1. The van der Waals surface area contributed by atoms with Crippen molar-refractivity contribution >= 4 is 29.9 Å². The number of methoxy groups -OCH3 is 2. The number of morpholine rings is 1. The van der Waals surface area contributed by atoms with Crippen molar-refractivity contribution in [1.29, 1.82) is 0 Å². The third-order valence-electron chi connectivity index (χ3n) is 5.14. The monoisotopic (exact) mass is 541 g/mol. The average Bonchev–Trinajstić information content (AvgIpc) is 2.82. The highest BCUT2D eigenvalue weighted by Crippen LogP contribution is 2.23. The lowest BCUT2D eigenvalue weighted by Gasteiger charge is -2.35. The number of nitrogens with zero attached hydrogens (tertiary/aromatic N) is 3. The van der Waals surface area contributed by atoms with E-state index in [1.165, 1.54) is 5.56 Å². The van der Waals surface area contributed by atoms with E-state index in [-0.39, 0.29) is 30.0 Å². The van der Waals surface area contributed by atoms with Crippen LogP contribution in [0.3, 0.4) is 0 Å². The van der Waals surface area contributed by atoms with Crippen LogP contribution < -0.4 is 20.1 Å². The zero-order chi connectivity index (χ0) is 21.2. The van der Waals surface area contributed by atoms with Crippen molar-refractivity contribution in [2.75, 3.05) is 54.1 Å². The Kier molecular flexibility index (Phi) is 10.8. The van der Waals surface area contributed by atoms with E-state index in [9.17, 15) is 0 Å². The molecule has 0 aliphatic carbocycles. The van der Waals surface area contributed by atoms with Crippen molar-refractivity contribution in [2.24, 2.45) is 4.99 Å². The lowest BCUT2D eigenvalue weighted by molar-refractivity contribution is 0.0170. The molecule has 1 unspecified atom stereocenters. The largest absolute Gasteiger partial charge is 0.497 e. The van der Waals surface area contributed by atoms with Crippen LogP contribution in [0.4, 0.5) is 0 Å². The van der Waals surface area contributed by atoms with Gasteiger partial charge in [-0.15, -0.1) is 24.0 Å². The molecule has 1 aliphatic heterocycles. The molecule has 1 aliphatic rings. The summed E-state index contributed by atoms with van der Waals surface area (Å²) in [6.45, 7) is 4.67. The summed E-state index contributed by atoms with van der Waals surface area (Å²) < 4.78 is 16.0. The highest BCUT2D eigenvalue weighted by Gasteiger charge is 2.23. The van der Waals surface area contributed by atoms with Gasteiger partial charge in [0.05, 0.1) is 33.5 Å². The molecule has 3 rings (SSSR count). The molecular formula is C22H32IN5O3. The number of hydrogen-bond acceptors (Lipinski definition) is 6. The van der Waals surface area contributed by atoms with Gasteiger partial charge in [0, 0.05) is 45.5 Å². The Morgan fingerprint density at radius 1 is 1.10 bits per heavy atom. The van der Waals surface area contributed by atoms with E-state index in [0.717, 1.165) is 50.1 Å². The van der Waals surface area contributed by atoms with E-state index in [4.69, 9.17) is 14.2 Å². The lowest BCUT2D eigenvalue weighted by atomic mass is 10.0. The third kappa shape index (κ3) is 7.51. The number of rotatable bonds is 8. The van der Waals surface area contributed by atoms with Gasteiger partial charge in [-0.05, 0) is 23.3 Å². The number of halogens is 1. The molecule has 1 saturated heterocycles. The number of hydrogen-bond donors (Lipinski definition) is 2. The van der Waals surface area contributed by atoms with E-state index >= 15 is 0 Å². The molecule has 0 spiro atoms. The third-order valence-corrected chi connectivity index (χ3v) is 5.14. The van der Waals surface area contributed by atoms with Gasteiger partial charge in [-0.3, -0.25) is 9.89 Å². The molecule has 0 bridgehead atoms. The maximum absolute atomic E-state index is 5.54. The van der Waals surface area contributed by atoms with Crippen molar-refractivity contribution in [3.05, 3.63) is 53.7 Å². The second-order valence-electron chi connectivity index (χ2n) is 6.95. The summed E-state index contributed by atoms with van der Waals surface area (Å²) >= 11 is 0. The first kappa shape index (κ1) is 25.2. The van der Waals surface area contributed by atoms with Crippen LogP contribution in [-0.2, 0) is 11.3 Å². The summed E-state index contributed by atoms with van der Waals surface area (Å²) in [5.41, 5.74) is 2.29. The Hall–Kier alpha value is -2.11. The molecule has 1 aromatic carbocycles. The number of aliphatic imine (C=N–C) groups is 1. The van der Waals surface area contributed by atoms with E-state index in [0.29, 0.717) is 12.4 Å². The Morgan fingerprint density at radius 3 is 2.42 bits per heavy atom. The zero-order valence-corrected chi connectivity index (χ0v) is 20.7. The first-order valence-corrected chi connectivity index (χ1v) is 10.1. The van der Waals surface area contributed by atoms with Crippen molar-refractivity contribution in [2.45, 2.75) is 12.6 Å². The molecule has 9 heteroatoms. The average molecular weight is 541 g/mol. The van der Waals surface area contributed by atoms with Gasteiger partial charge in [-0.1, -0.05) is 18.2 Å². The van der Waals surface area contributed by atoms with E-state index in [1.807, 2.05) is 24.3 Å². The first-order chi connectivity index (χ1) is 14.7. The van der Waals surface area contributed by atoms with Crippen LogP contribution in [-0.4, -0.2) is 70.0 Å². The minimum Gasteiger partial charge on any atom is -0.497 e. The molecule has 31 heavy (non-hydrogen) atoms. The fourth-order valence-electron chi connectivity index (χ4n) is 3.41. The normalized spacial score (nSPS) is 15.5. The lowest BCUT2D eigenvalue weighted by Crippen LogP contribution is -2.46. The standard InChI is InChI=1S/C22H31N5O3.HI/c1-23-22(25-15-17-4-9-21(29-3)24-14-17)26-16-20(27-10-12-30-13-11-27)18-5-7-19(28-2)8-6-18;/h4-9,14,20H,10-13,15-16H2,1-3H3,(H2,23,25,26);1H. The Balaban J connectivity index is 0.00000341. The minimum atomic E-state index is 0. The van der Waals surface area contributed by atoms with Gasteiger partial charge in [0.2, 0.25) is 5.88 Å². The second-order valence-corrected chi connectivity index (χ2v) is 6.95. The molecule has 0 radical (unpaired) electrons. The van der Waals surface area contributed by atoms with Gasteiger partial charge in [-0.25, -0.2) is 4.98 Å². The summed E-state index contributed by atoms with van der Waals surface area (Å²) in [6, 6.07) is 12.3. The van der Waals surface area contributed by atoms with E-state index in [1.54, 1.807) is 27.5 Å². The topological polar surface area (TPSA) is 80.2 Å². The predicted octanol–water partition coefficient (Wildman–Crippen LogP) is 2.46. The van der Waals surface area contributed by atoms with Crippen LogP contribution in [0.15, 0.2) is 47.6 Å². The van der Waals surface area contributed by atoms with Gasteiger partial charge in [0.1, 0.15) is 5.75 Å². The molecule has 170 valence electrons. The van der Waals surface area contributed by atoms with Crippen molar-refractivity contribution < 1.29 is 14.2 Å². The molecule has 0 saturated carbocycles. The quantitative estimate of drug-likeness (QED) is 0.302. The highest BCUT2D eigenvalue weighted by molar-refractivity contribution is 14.0.